The second-order valence-corrected chi connectivity index (χ2v) is 6.86. The minimum Gasteiger partial charge on any atom is -0.397 e. The van der Waals surface area contributed by atoms with Crippen molar-refractivity contribution in [2.45, 2.75) is 37.6 Å². The number of nitrogen functional groups attached to an aromatic ring is 1. The van der Waals surface area contributed by atoms with Gasteiger partial charge in [-0.3, -0.25) is 0 Å². The van der Waals surface area contributed by atoms with Crippen LogP contribution in [0.25, 0.3) is 0 Å². The summed E-state index contributed by atoms with van der Waals surface area (Å²) in [5.74, 6) is 0. The Morgan fingerprint density at radius 1 is 1.37 bits per heavy atom. The van der Waals surface area contributed by atoms with Gasteiger partial charge in [0.25, 0.3) is 0 Å². The standard InChI is InChI=1S/C14H20N2O2S/c1-4-9-16(12-7-8-12)19(17,18)14-11(3)6-5-10(2)13(14)15/h4-6,12H,1,7-9,15H2,2-3H3. The summed E-state index contributed by atoms with van der Waals surface area (Å²) in [4.78, 5) is 0.251. The van der Waals surface area contributed by atoms with E-state index in [2.05, 4.69) is 6.58 Å². The monoisotopic (exact) mass is 280 g/mol. The Labute approximate surface area is 115 Å². The maximum atomic E-state index is 12.8. The maximum absolute atomic E-state index is 12.8. The Kier molecular flexibility index (Phi) is 3.69. The number of hydrogen-bond acceptors (Lipinski definition) is 3. The van der Waals surface area contributed by atoms with Crippen LogP contribution in [0.1, 0.15) is 24.0 Å². The molecule has 1 aliphatic carbocycles. The van der Waals surface area contributed by atoms with Gasteiger partial charge in [-0.05, 0) is 37.8 Å². The van der Waals surface area contributed by atoms with Crippen LogP contribution in [0.2, 0.25) is 0 Å². The molecule has 1 aliphatic rings. The van der Waals surface area contributed by atoms with Gasteiger partial charge in [-0.1, -0.05) is 18.2 Å². The van der Waals surface area contributed by atoms with Crippen molar-refractivity contribution < 1.29 is 8.42 Å². The molecule has 0 atom stereocenters. The van der Waals surface area contributed by atoms with Gasteiger partial charge in [-0.25, -0.2) is 8.42 Å². The molecule has 1 saturated carbocycles. The number of benzene rings is 1. The molecule has 1 fully saturated rings. The minimum atomic E-state index is -3.55. The number of rotatable bonds is 5. The van der Waals surface area contributed by atoms with E-state index in [9.17, 15) is 8.42 Å². The molecule has 1 aromatic carbocycles. The van der Waals surface area contributed by atoms with Gasteiger partial charge in [0, 0.05) is 12.6 Å². The van der Waals surface area contributed by atoms with Crippen LogP contribution in [0, 0.1) is 13.8 Å². The molecule has 0 aromatic heterocycles. The first-order valence-electron chi connectivity index (χ1n) is 6.38. The van der Waals surface area contributed by atoms with E-state index in [1.54, 1.807) is 19.1 Å². The summed E-state index contributed by atoms with van der Waals surface area (Å²) in [5.41, 5.74) is 7.83. The van der Waals surface area contributed by atoms with Crippen LogP contribution < -0.4 is 5.73 Å². The van der Waals surface area contributed by atoms with E-state index >= 15 is 0 Å². The fourth-order valence-corrected chi connectivity index (χ4v) is 4.25. The average Bonchev–Trinajstić information content (AvgIpc) is 3.15. The highest BCUT2D eigenvalue weighted by atomic mass is 32.2. The third kappa shape index (κ3) is 2.53. The van der Waals surface area contributed by atoms with E-state index in [1.165, 1.54) is 4.31 Å². The van der Waals surface area contributed by atoms with Gasteiger partial charge in [0.05, 0.1) is 5.69 Å². The number of nitrogens with two attached hydrogens (primary N) is 1. The lowest BCUT2D eigenvalue weighted by Crippen LogP contribution is -2.34. The SMILES string of the molecule is C=CCN(C1CC1)S(=O)(=O)c1c(C)ccc(C)c1N. The molecule has 0 radical (unpaired) electrons. The van der Waals surface area contributed by atoms with Gasteiger partial charge in [0.15, 0.2) is 0 Å². The lowest BCUT2D eigenvalue weighted by molar-refractivity contribution is 0.436. The Morgan fingerprint density at radius 3 is 2.47 bits per heavy atom. The van der Waals surface area contributed by atoms with E-state index < -0.39 is 10.0 Å². The topological polar surface area (TPSA) is 63.4 Å². The molecule has 4 nitrogen and oxygen atoms in total. The van der Waals surface area contributed by atoms with E-state index in [1.807, 2.05) is 13.0 Å². The summed E-state index contributed by atoms with van der Waals surface area (Å²) in [5, 5.41) is 0. The molecule has 104 valence electrons. The summed E-state index contributed by atoms with van der Waals surface area (Å²) in [6, 6.07) is 3.75. The Bertz CT molecular complexity index is 604. The molecule has 0 amide bonds. The predicted molar refractivity (Wildman–Crippen MR) is 77.4 cm³/mol. The molecule has 0 saturated heterocycles. The molecule has 0 heterocycles. The highest BCUT2D eigenvalue weighted by Crippen LogP contribution is 2.35. The van der Waals surface area contributed by atoms with E-state index in [4.69, 9.17) is 5.73 Å². The van der Waals surface area contributed by atoms with Crippen LogP contribution in [0.3, 0.4) is 0 Å². The number of sulfonamides is 1. The van der Waals surface area contributed by atoms with Gasteiger partial charge in [0.1, 0.15) is 4.90 Å². The van der Waals surface area contributed by atoms with Crippen molar-refractivity contribution in [3.05, 3.63) is 35.9 Å². The molecule has 0 spiro atoms. The Balaban J connectivity index is 2.55. The normalized spacial score (nSPS) is 15.7. The third-order valence-corrected chi connectivity index (χ3v) is 5.56. The fraction of sp³-hybridized carbons (Fsp3) is 0.429. The number of hydrogen-bond donors (Lipinski definition) is 1. The lowest BCUT2D eigenvalue weighted by atomic mass is 10.1. The number of nitrogens with zero attached hydrogens (tertiary/aromatic N) is 1. The zero-order valence-electron chi connectivity index (χ0n) is 11.4. The van der Waals surface area contributed by atoms with Gasteiger partial charge in [0.2, 0.25) is 10.0 Å². The summed E-state index contributed by atoms with van der Waals surface area (Å²) in [6.07, 6.45) is 3.45. The van der Waals surface area contributed by atoms with Crippen LogP contribution >= 0.6 is 0 Å². The zero-order valence-corrected chi connectivity index (χ0v) is 12.2. The predicted octanol–water partition coefficient (Wildman–Crippen LogP) is 2.22. The first-order valence-corrected chi connectivity index (χ1v) is 7.82. The van der Waals surface area contributed by atoms with E-state index in [-0.39, 0.29) is 10.9 Å². The quantitative estimate of drug-likeness (QED) is 0.664. The minimum absolute atomic E-state index is 0.0994. The first kappa shape index (κ1) is 14.1. The van der Waals surface area contributed by atoms with Crippen molar-refractivity contribution in [3.63, 3.8) is 0 Å². The van der Waals surface area contributed by atoms with Crippen LogP contribution in [-0.4, -0.2) is 25.3 Å². The van der Waals surface area contributed by atoms with Crippen molar-refractivity contribution in [2.24, 2.45) is 0 Å². The largest absolute Gasteiger partial charge is 0.397 e. The zero-order chi connectivity index (χ0) is 14.2. The Morgan fingerprint density at radius 2 is 1.95 bits per heavy atom. The summed E-state index contributed by atoms with van der Waals surface area (Å²) < 4.78 is 27.1. The molecule has 0 bridgehead atoms. The summed E-state index contributed by atoms with van der Waals surface area (Å²) >= 11 is 0. The number of aryl methyl sites for hydroxylation is 2. The summed E-state index contributed by atoms with van der Waals surface area (Å²) in [6.45, 7) is 7.58. The average molecular weight is 280 g/mol. The third-order valence-electron chi connectivity index (χ3n) is 3.44. The van der Waals surface area contributed by atoms with Gasteiger partial charge >= 0.3 is 0 Å². The van der Waals surface area contributed by atoms with Crippen LogP contribution in [-0.2, 0) is 10.0 Å². The van der Waals surface area contributed by atoms with Gasteiger partial charge < -0.3 is 5.73 Å². The Hall–Kier alpha value is -1.33. The van der Waals surface area contributed by atoms with Crippen LogP contribution in [0.5, 0.6) is 0 Å². The molecule has 1 aromatic rings. The maximum Gasteiger partial charge on any atom is 0.245 e. The van der Waals surface area contributed by atoms with Crippen LogP contribution in [0.4, 0.5) is 5.69 Å². The van der Waals surface area contributed by atoms with Crippen molar-refractivity contribution in [1.82, 2.24) is 4.31 Å². The number of anilines is 1. The molecule has 2 N–H and O–H groups in total. The molecular formula is C14H20N2O2S. The van der Waals surface area contributed by atoms with Crippen LogP contribution in [0.15, 0.2) is 29.7 Å². The van der Waals surface area contributed by atoms with Crippen molar-refractivity contribution in [3.8, 4) is 0 Å². The van der Waals surface area contributed by atoms with Crippen molar-refractivity contribution in [2.75, 3.05) is 12.3 Å². The second-order valence-electron chi connectivity index (χ2n) is 5.04. The first-order chi connectivity index (χ1) is 8.89. The fourth-order valence-electron chi connectivity index (χ4n) is 2.20. The van der Waals surface area contributed by atoms with Crippen molar-refractivity contribution >= 4 is 15.7 Å². The molecule has 0 unspecified atom stereocenters. The second kappa shape index (κ2) is 4.98. The molecular weight excluding hydrogens is 260 g/mol. The van der Waals surface area contributed by atoms with Gasteiger partial charge in [-0.2, -0.15) is 4.31 Å². The lowest BCUT2D eigenvalue weighted by Gasteiger charge is -2.23. The van der Waals surface area contributed by atoms with E-state index in [0.29, 0.717) is 17.8 Å². The molecule has 2 rings (SSSR count). The highest BCUT2D eigenvalue weighted by molar-refractivity contribution is 7.89. The van der Waals surface area contributed by atoms with Gasteiger partial charge in [-0.15, -0.1) is 6.58 Å². The molecule has 5 heteroatoms. The van der Waals surface area contributed by atoms with E-state index in [0.717, 1.165) is 18.4 Å². The summed E-state index contributed by atoms with van der Waals surface area (Å²) in [7, 11) is -3.55. The smallest absolute Gasteiger partial charge is 0.245 e. The molecule has 19 heavy (non-hydrogen) atoms. The highest BCUT2D eigenvalue weighted by Gasteiger charge is 2.38. The molecule has 0 aliphatic heterocycles. The van der Waals surface area contributed by atoms with Crippen molar-refractivity contribution in [1.29, 1.82) is 0 Å².